The Labute approximate surface area is 161 Å². The van der Waals surface area contributed by atoms with Gasteiger partial charge in [-0.25, -0.2) is 9.79 Å². The molecule has 1 saturated heterocycles. The van der Waals surface area contributed by atoms with Gasteiger partial charge in [0.2, 0.25) is 5.91 Å². The van der Waals surface area contributed by atoms with Gasteiger partial charge in [0.05, 0.1) is 17.3 Å². The third kappa shape index (κ3) is 3.59. The molecular formula is C19H20N2O3S2. The number of hydrogen-bond acceptors (Lipinski definition) is 6. The fraction of sp³-hybridized carbons (Fsp3) is 0.316. The van der Waals surface area contributed by atoms with Crippen molar-refractivity contribution in [1.82, 2.24) is 4.90 Å². The van der Waals surface area contributed by atoms with Crippen LogP contribution in [0.3, 0.4) is 0 Å². The molecule has 5 nitrogen and oxygen atoms in total. The third-order valence-corrected chi connectivity index (χ3v) is 5.89. The monoisotopic (exact) mass is 388 g/mol. The highest BCUT2D eigenvalue weighted by Crippen LogP contribution is 2.40. The maximum Gasteiger partial charge on any atom is 0.338 e. The van der Waals surface area contributed by atoms with Crippen molar-refractivity contribution in [2.75, 3.05) is 18.6 Å². The molecule has 1 atom stereocenters. The van der Waals surface area contributed by atoms with Crippen molar-refractivity contribution in [3.8, 4) is 0 Å². The summed E-state index contributed by atoms with van der Waals surface area (Å²) in [7, 11) is 0. The van der Waals surface area contributed by atoms with Gasteiger partial charge in [-0.15, -0.1) is 11.8 Å². The number of benzene rings is 1. The van der Waals surface area contributed by atoms with Crippen molar-refractivity contribution < 1.29 is 14.3 Å². The van der Waals surface area contributed by atoms with Gasteiger partial charge in [-0.2, -0.15) is 0 Å². The zero-order valence-corrected chi connectivity index (χ0v) is 16.4. The number of carbonyl (C=O) groups is 2. The number of esters is 1. The van der Waals surface area contributed by atoms with Crippen LogP contribution in [-0.4, -0.2) is 40.6 Å². The molecule has 136 valence electrons. The van der Waals surface area contributed by atoms with E-state index in [4.69, 9.17) is 4.74 Å². The first-order valence-electron chi connectivity index (χ1n) is 8.23. The third-order valence-electron chi connectivity index (χ3n) is 4.19. The number of aliphatic imine (C=N–C) groups is 1. The number of amidine groups is 1. The maximum absolute atomic E-state index is 12.7. The average molecular weight is 389 g/mol. The molecule has 3 rings (SSSR count). The number of thioether (sulfide) groups is 2. The topological polar surface area (TPSA) is 59.0 Å². The first-order valence-corrected chi connectivity index (χ1v) is 10.4. The number of allylic oxidation sites excluding steroid dienone is 1. The Balaban J connectivity index is 2.09. The molecule has 1 unspecified atom stereocenters. The summed E-state index contributed by atoms with van der Waals surface area (Å²) < 4.78 is 5.28. The van der Waals surface area contributed by atoms with Gasteiger partial charge < -0.3 is 4.74 Å². The molecule has 1 aromatic carbocycles. The Bertz CT molecular complexity index is 800. The average Bonchev–Trinajstić information content (AvgIpc) is 2.65. The van der Waals surface area contributed by atoms with E-state index in [0.29, 0.717) is 28.6 Å². The molecule has 1 amide bonds. The number of nitrogens with zero attached hydrogens (tertiary/aromatic N) is 2. The van der Waals surface area contributed by atoms with Gasteiger partial charge in [0, 0.05) is 17.1 Å². The second-order valence-electron chi connectivity index (χ2n) is 5.82. The van der Waals surface area contributed by atoms with E-state index in [1.165, 1.54) is 6.08 Å². The molecule has 7 heteroatoms. The van der Waals surface area contributed by atoms with Crippen molar-refractivity contribution >= 4 is 40.6 Å². The highest BCUT2D eigenvalue weighted by molar-refractivity contribution is 8.14. The number of amides is 1. The van der Waals surface area contributed by atoms with Gasteiger partial charge in [0.1, 0.15) is 6.61 Å². The van der Waals surface area contributed by atoms with Crippen LogP contribution >= 0.6 is 23.5 Å². The summed E-state index contributed by atoms with van der Waals surface area (Å²) in [5, 5.41) is 0.651. The first-order chi connectivity index (χ1) is 12.6. The van der Waals surface area contributed by atoms with Gasteiger partial charge in [-0.1, -0.05) is 36.5 Å². The van der Waals surface area contributed by atoms with Crippen LogP contribution in [-0.2, 0) is 14.3 Å². The summed E-state index contributed by atoms with van der Waals surface area (Å²) in [5.74, 6) is 0.214. The maximum atomic E-state index is 12.7. The summed E-state index contributed by atoms with van der Waals surface area (Å²) >= 11 is 3.18. The quantitative estimate of drug-likeness (QED) is 0.436. The van der Waals surface area contributed by atoms with Gasteiger partial charge in [0.15, 0.2) is 5.17 Å². The minimum Gasteiger partial charge on any atom is -0.458 e. The number of carbonyl (C=O) groups excluding carboxylic acids is 2. The van der Waals surface area contributed by atoms with Crippen LogP contribution in [0.2, 0.25) is 0 Å². The van der Waals surface area contributed by atoms with Crippen LogP contribution in [0.1, 0.15) is 24.9 Å². The van der Waals surface area contributed by atoms with E-state index in [2.05, 4.69) is 11.6 Å². The Morgan fingerprint density at radius 2 is 2.19 bits per heavy atom. The lowest BCUT2D eigenvalue weighted by Crippen LogP contribution is -2.45. The molecule has 0 radical (unpaired) electrons. The number of fused-ring (bicyclic) bond motifs is 1. The van der Waals surface area contributed by atoms with Crippen molar-refractivity contribution in [3.05, 3.63) is 53.8 Å². The van der Waals surface area contributed by atoms with Crippen LogP contribution in [0.5, 0.6) is 0 Å². The number of ether oxygens (including phenoxy) is 1. The highest BCUT2D eigenvalue weighted by Gasteiger charge is 2.41. The fourth-order valence-electron chi connectivity index (χ4n) is 2.97. The summed E-state index contributed by atoms with van der Waals surface area (Å²) in [5.41, 5.74) is 1.87. The lowest BCUT2D eigenvalue weighted by molar-refractivity contribution is -0.139. The Hall–Kier alpha value is -1.99. The summed E-state index contributed by atoms with van der Waals surface area (Å²) in [6, 6.07) is 7.39. The number of hydrogen-bond donors (Lipinski definition) is 0. The lowest BCUT2D eigenvalue weighted by atomic mass is 9.94. The van der Waals surface area contributed by atoms with Crippen molar-refractivity contribution in [2.45, 2.75) is 24.3 Å². The van der Waals surface area contributed by atoms with E-state index in [1.807, 2.05) is 30.5 Å². The predicted octanol–water partition coefficient (Wildman–Crippen LogP) is 3.79. The highest BCUT2D eigenvalue weighted by atomic mass is 32.2. The van der Waals surface area contributed by atoms with Gasteiger partial charge >= 0.3 is 5.97 Å². The molecule has 2 heterocycles. The summed E-state index contributed by atoms with van der Waals surface area (Å²) in [4.78, 5) is 32.6. The van der Waals surface area contributed by atoms with Crippen LogP contribution in [0.15, 0.2) is 58.1 Å². The smallest absolute Gasteiger partial charge is 0.338 e. The zero-order valence-electron chi connectivity index (χ0n) is 14.7. The molecule has 0 aromatic heterocycles. The van der Waals surface area contributed by atoms with E-state index in [-0.39, 0.29) is 12.5 Å². The molecule has 0 bridgehead atoms. The van der Waals surface area contributed by atoms with Crippen LogP contribution in [0.4, 0.5) is 0 Å². The molecule has 0 N–H and O–H groups in total. The normalized spacial score (nSPS) is 19.8. The van der Waals surface area contributed by atoms with E-state index in [0.717, 1.165) is 10.5 Å². The second kappa shape index (κ2) is 8.14. The molecule has 2 aliphatic heterocycles. The SMILES string of the molecule is C=CCOC(=O)C1=C(C)N=C2SCCC(=O)N2C1c1ccc(SC)cc1. The van der Waals surface area contributed by atoms with Crippen LogP contribution in [0.25, 0.3) is 0 Å². The summed E-state index contributed by atoms with van der Waals surface area (Å²) in [6.45, 7) is 5.49. The van der Waals surface area contributed by atoms with Crippen molar-refractivity contribution in [2.24, 2.45) is 4.99 Å². The standard InChI is InChI=1S/C19H20N2O3S2/c1-4-10-24-18(23)16-12(2)20-19-21(15(22)9-11-26-19)17(16)13-5-7-14(25-3)8-6-13/h4-8,17H,1,9-11H2,2-3H3. The molecule has 26 heavy (non-hydrogen) atoms. The van der Waals surface area contributed by atoms with Gasteiger partial charge in [0.25, 0.3) is 0 Å². The minimum absolute atomic E-state index is 0.0250. The van der Waals surface area contributed by atoms with E-state index < -0.39 is 12.0 Å². The van der Waals surface area contributed by atoms with E-state index in [1.54, 1.807) is 35.3 Å². The lowest BCUT2D eigenvalue weighted by Gasteiger charge is -2.38. The molecule has 2 aliphatic rings. The fourth-order valence-corrected chi connectivity index (χ4v) is 4.39. The second-order valence-corrected chi connectivity index (χ2v) is 7.76. The Morgan fingerprint density at radius 1 is 1.46 bits per heavy atom. The predicted molar refractivity (Wildman–Crippen MR) is 106 cm³/mol. The molecule has 0 aliphatic carbocycles. The van der Waals surface area contributed by atoms with Crippen LogP contribution in [0, 0.1) is 0 Å². The largest absolute Gasteiger partial charge is 0.458 e. The van der Waals surface area contributed by atoms with Crippen molar-refractivity contribution in [1.29, 1.82) is 0 Å². The zero-order chi connectivity index (χ0) is 18.7. The first kappa shape index (κ1) is 18.8. The molecule has 1 aromatic rings. The summed E-state index contributed by atoms with van der Waals surface area (Å²) in [6.07, 6.45) is 3.96. The molecule has 0 spiro atoms. The van der Waals surface area contributed by atoms with Gasteiger partial charge in [-0.3, -0.25) is 9.69 Å². The van der Waals surface area contributed by atoms with Crippen molar-refractivity contribution in [3.63, 3.8) is 0 Å². The molecule has 0 saturated carbocycles. The van der Waals surface area contributed by atoms with E-state index >= 15 is 0 Å². The number of rotatable bonds is 5. The Morgan fingerprint density at radius 3 is 2.85 bits per heavy atom. The molecule has 1 fully saturated rings. The Kier molecular flexibility index (Phi) is 5.88. The van der Waals surface area contributed by atoms with Crippen LogP contribution < -0.4 is 0 Å². The minimum atomic E-state index is -0.518. The van der Waals surface area contributed by atoms with E-state index in [9.17, 15) is 9.59 Å². The van der Waals surface area contributed by atoms with Gasteiger partial charge in [-0.05, 0) is 30.9 Å². The molecular weight excluding hydrogens is 368 g/mol.